The number of hydrogen-bond acceptors (Lipinski definition) is 4. The Labute approximate surface area is 84.2 Å². The first-order chi connectivity index (χ1) is 6.49. The van der Waals surface area contributed by atoms with Gasteiger partial charge in [0.15, 0.2) is 5.60 Å². The van der Waals surface area contributed by atoms with Crippen molar-refractivity contribution in [2.45, 2.75) is 32.8 Å². The van der Waals surface area contributed by atoms with Crippen LogP contribution in [-0.4, -0.2) is 35.0 Å². The molecule has 0 bridgehead atoms. The molecule has 82 valence electrons. The maximum absolute atomic E-state index is 11.2. The van der Waals surface area contributed by atoms with Gasteiger partial charge in [-0.15, -0.1) is 0 Å². The Balaban J connectivity index is 4.45. The van der Waals surface area contributed by atoms with E-state index in [1.54, 1.807) is 20.8 Å². The Morgan fingerprint density at radius 1 is 1.36 bits per heavy atom. The highest BCUT2D eigenvalue weighted by atomic mass is 16.6. The van der Waals surface area contributed by atoms with E-state index in [2.05, 4.69) is 0 Å². The van der Waals surface area contributed by atoms with E-state index in [0.717, 1.165) is 5.57 Å². The van der Waals surface area contributed by atoms with Crippen molar-refractivity contribution in [2.24, 2.45) is 0 Å². The zero-order valence-electron chi connectivity index (χ0n) is 8.91. The second kappa shape index (κ2) is 5.78. The Bertz CT molecular complexity index is 204. The van der Waals surface area contributed by atoms with E-state index in [0.29, 0.717) is 6.42 Å². The summed E-state index contributed by atoms with van der Waals surface area (Å²) < 4.78 is 4.98. The van der Waals surface area contributed by atoms with E-state index < -0.39 is 11.6 Å². The van der Waals surface area contributed by atoms with Crippen molar-refractivity contribution in [3.63, 3.8) is 0 Å². The first kappa shape index (κ1) is 13.1. The van der Waals surface area contributed by atoms with Gasteiger partial charge in [0, 0.05) is 6.08 Å². The molecule has 0 spiro atoms. The lowest BCUT2D eigenvalue weighted by Gasteiger charge is -2.27. The number of rotatable bonds is 5. The van der Waals surface area contributed by atoms with Gasteiger partial charge in [-0.05, 0) is 20.3 Å². The molecule has 0 aliphatic carbocycles. The molecule has 0 fully saturated rings. The minimum atomic E-state index is -1.15. The van der Waals surface area contributed by atoms with Crippen molar-refractivity contribution in [3.05, 3.63) is 11.6 Å². The Morgan fingerprint density at radius 2 is 1.86 bits per heavy atom. The predicted molar refractivity (Wildman–Crippen MR) is 52.7 cm³/mol. The van der Waals surface area contributed by atoms with Crippen LogP contribution in [-0.2, 0) is 9.53 Å². The van der Waals surface area contributed by atoms with E-state index >= 15 is 0 Å². The molecule has 0 unspecified atom stereocenters. The number of aliphatic hydroxyl groups is 2. The predicted octanol–water partition coefficient (Wildman–Crippen LogP) is 0.629. The monoisotopic (exact) mass is 202 g/mol. The largest absolute Gasteiger partial charge is 0.451 e. The van der Waals surface area contributed by atoms with E-state index in [-0.39, 0.29) is 13.2 Å². The first-order valence-corrected chi connectivity index (χ1v) is 4.59. The topological polar surface area (TPSA) is 66.8 Å². The molecule has 4 nitrogen and oxygen atoms in total. The third-order valence-corrected chi connectivity index (χ3v) is 1.94. The lowest BCUT2D eigenvalue weighted by Crippen LogP contribution is -2.41. The van der Waals surface area contributed by atoms with E-state index in [1.807, 2.05) is 0 Å². The average Bonchev–Trinajstić information content (AvgIpc) is 2.13. The van der Waals surface area contributed by atoms with Gasteiger partial charge in [-0.2, -0.15) is 0 Å². The molecule has 0 aromatic carbocycles. The molecule has 0 saturated carbocycles. The fourth-order valence-corrected chi connectivity index (χ4v) is 0.889. The summed E-state index contributed by atoms with van der Waals surface area (Å²) in [5.74, 6) is -0.532. The molecule has 0 aliphatic heterocycles. The van der Waals surface area contributed by atoms with Crippen LogP contribution in [0.3, 0.4) is 0 Å². The SMILES string of the molecule is CCC(CO)(CO)OC(=O)C=C(C)C. The number of allylic oxidation sites excluding steroid dienone is 1. The summed E-state index contributed by atoms with van der Waals surface area (Å²) in [6, 6.07) is 0. The third-order valence-electron chi connectivity index (χ3n) is 1.94. The molecular formula is C10H18O4. The summed E-state index contributed by atoms with van der Waals surface area (Å²) in [5.41, 5.74) is -0.334. The summed E-state index contributed by atoms with van der Waals surface area (Å²) in [5, 5.41) is 18.0. The molecule has 0 aromatic rings. The van der Waals surface area contributed by atoms with Crippen LogP contribution in [0.1, 0.15) is 27.2 Å². The normalized spacial score (nSPS) is 10.9. The van der Waals surface area contributed by atoms with E-state index in [9.17, 15) is 4.79 Å². The van der Waals surface area contributed by atoms with Crippen LogP contribution >= 0.6 is 0 Å². The summed E-state index contributed by atoms with van der Waals surface area (Å²) in [6.45, 7) is 4.53. The highest BCUT2D eigenvalue weighted by Crippen LogP contribution is 2.15. The van der Waals surface area contributed by atoms with Crippen LogP contribution < -0.4 is 0 Å². The van der Waals surface area contributed by atoms with Crippen molar-refractivity contribution < 1.29 is 19.7 Å². The molecule has 0 aromatic heterocycles. The van der Waals surface area contributed by atoms with Crippen molar-refractivity contribution in [3.8, 4) is 0 Å². The van der Waals surface area contributed by atoms with Gasteiger partial charge < -0.3 is 14.9 Å². The van der Waals surface area contributed by atoms with Crippen LogP contribution in [0.2, 0.25) is 0 Å². The number of aliphatic hydroxyl groups excluding tert-OH is 2. The van der Waals surface area contributed by atoms with Crippen LogP contribution in [0, 0.1) is 0 Å². The van der Waals surface area contributed by atoms with Crippen LogP contribution in [0.4, 0.5) is 0 Å². The first-order valence-electron chi connectivity index (χ1n) is 4.59. The fourth-order valence-electron chi connectivity index (χ4n) is 0.889. The number of carbonyl (C=O) groups is 1. The molecule has 0 amide bonds. The van der Waals surface area contributed by atoms with Crippen molar-refractivity contribution in [1.29, 1.82) is 0 Å². The Kier molecular flexibility index (Phi) is 5.42. The fraction of sp³-hybridized carbons (Fsp3) is 0.700. The average molecular weight is 202 g/mol. The van der Waals surface area contributed by atoms with Gasteiger partial charge in [-0.3, -0.25) is 0 Å². The summed E-state index contributed by atoms with van der Waals surface area (Å²) in [7, 11) is 0. The lowest BCUT2D eigenvalue weighted by atomic mass is 10.0. The second-order valence-corrected chi connectivity index (χ2v) is 3.50. The number of carbonyl (C=O) groups excluding carboxylic acids is 1. The van der Waals surface area contributed by atoms with E-state index in [1.165, 1.54) is 6.08 Å². The standard InChI is InChI=1S/C10H18O4/c1-4-10(6-11,7-12)14-9(13)5-8(2)3/h5,11-12H,4,6-7H2,1-3H3. The van der Waals surface area contributed by atoms with Crippen LogP contribution in [0.5, 0.6) is 0 Å². The Morgan fingerprint density at radius 3 is 2.14 bits per heavy atom. The summed E-state index contributed by atoms with van der Waals surface area (Å²) in [4.78, 5) is 11.2. The summed E-state index contributed by atoms with van der Waals surface area (Å²) >= 11 is 0. The van der Waals surface area contributed by atoms with Gasteiger partial charge in [0.05, 0.1) is 13.2 Å². The summed E-state index contributed by atoms with van der Waals surface area (Å²) in [6.07, 6.45) is 1.71. The van der Waals surface area contributed by atoms with Gasteiger partial charge in [0.1, 0.15) is 0 Å². The van der Waals surface area contributed by atoms with E-state index in [4.69, 9.17) is 14.9 Å². The molecule has 0 radical (unpaired) electrons. The van der Waals surface area contributed by atoms with Crippen molar-refractivity contribution in [1.82, 2.24) is 0 Å². The second-order valence-electron chi connectivity index (χ2n) is 3.50. The molecule has 0 aliphatic rings. The molecule has 14 heavy (non-hydrogen) atoms. The molecule has 0 atom stereocenters. The quantitative estimate of drug-likeness (QED) is 0.507. The molecule has 0 rings (SSSR count). The highest BCUT2D eigenvalue weighted by Gasteiger charge is 2.30. The molecule has 0 saturated heterocycles. The zero-order chi connectivity index (χ0) is 11.2. The maximum Gasteiger partial charge on any atom is 0.331 e. The van der Waals surface area contributed by atoms with Gasteiger partial charge >= 0.3 is 5.97 Å². The van der Waals surface area contributed by atoms with Gasteiger partial charge in [-0.25, -0.2) is 4.79 Å². The van der Waals surface area contributed by atoms with Crippen molar-refractivity contribution >= 4 is 5.97 Å². The van der Waals surface area contributed by atoms with Crippen LogP contribution in [0.25, 0.3) is 0 Å². The van der Waals surface area contributed by atoms with Gasteiger partial charge in [0.2, 0.25) is 0 Å². The molecule has 2 N–H and O–H groups in total. The lowest BCUT2D eigenvalue weighted by molar-refractivity contribution is -0.164. The molecular weight excluding hydrogens is 184 g/mol. The number of hydrogen-bond donors (Lipinski definition) is 2. The third kappa shape index (κ3) is 3.89. The van der Waals surface area contributed by atoms with Crippen molar-refractivity contribution in [2.75, 3.05) is 13.2 Å². The minimum absolute atomic E-state index is 0.373. The maximum atomic E-state index is 11.2. The zero-order valence-corrected chi connectivity index (χ0v) is 8.91. The smallest absolute Gasteiger partial charge is 0.331 e. The highest BCUT2D eigenvalue weighted by molar-refractivity contribution is 5.83. The number of ether oxygens (including phenoxy) is 1. The molecule has 4 heteroatoms. The van der Waals surface area contributed by atoms with Crippen LogP contribution in [0.15, 0.2) is 11.6 Å². The number of esters is 1. The molecule has 0 heterocycles. The van der Waals surface area contributed by atoms with Gasteiger partial charge in [0.25, 0.3) is 0 Å². The minimum Gasteiger partial charge on any atom is -0.451 e. The van der Waals surface area contributed by atoms with Gasteiger partial charge in [-0.1, -0.05) is 12.5 Å². The Hall–Kier alpha value is -0.870.